The number of carbonyl (C=O) groups is 1. The molecule has 1 amide bonds. The fraction of sp³-hybridized carbons (Fsp3) is 0.312. The van der Waals surface area contributed by atoms with Gasteiger partial charge in [-0.25, -0.2) is 9.97 Å². The molecule has 5 heteroatoms. The molecule has 0 unspecified atom stereocenters. The number of ether oxygens (including phenoxy) is 1. The summed E-state index contributed by atoms with van der Waals surface area (Å²) in [7, 11) is 0. The van der Waals surface area contributed by atoms with Gasteiger partial charge in [-0.3, -0.25) is 10.1 Å². The number of anilines is 1. The predicted molar refractivity (Wildman–Crippen MR) is 81.3 cm³/mol. The van der Waals surface area contributed by atoms with Crippen molar-refractivity contribution >= 4 is 11.9 Å². The third kappa shape index (κ3) is 4.27. The van der Waals surface area contributed by atoms with Crippen molar-refractivity contribution in [1.29, 1.82) is 0 Å². The van der Waals surface area contributed by atoms with Gasteiger partial charge in [0.15, 0.2) is 6.10 Å². The molecule has 0 aliphatic rings. The molecule has 21 heavy (non-hydrogen) atoms. The fourth-order valence-electron chi connectivity index (χ4n) is 1.96. The molecule has 2 rings (SSSR count). The topological polar surface area (TPSA) is 64.1 Å². The summed E-state index contributed by atoms with van der Waals surface area (Å²) in [6, 6.07) is 11.1. The molecule has 0 aliphatic carbocycles. The van der Waals surface area contributed by atoms with Crippen LogP contribution in [0, 0.1) is 13.8 Å². The minimum absolute atomic E-state index is 0.244. The van der Waals surface area contributed by atoms with Gasteiger partial charge in [-0.05, 0) is 38.5 Å². The molecule has 0 fully saturated rings. The highest BCUT2D eigenvalue weighted by Crippen LogP contribution is 2.13. The number of aryl methyl sites for hydroxylation is 2. The first-order valence-corrected chi connectivity index (χ1v) is 6.93. The standard InChI is InChI=1S/C16H19N3O2/c1-4-14(21-13-8-6-5-7-9-13)15(20)19-16-17-11(2)10-12(3)18-16/h5-10,14H,4H2,1-3H3,(H,17,18,19,20)/t14-/m1/s1. The minimum Gasteiger partial charge on any atom is -0.481 e. The highest BCUT2D eigenvalue weighted by atomic mass is 16.5. The second kappa shape index (κ2) is 6.83. The second-order valence-corrected chi connectivity index (χ2v) is 4.79. The summed E-state index contributed by atoms with van der Waals surface area (Å²) in [4.78, 5) is 20.7. The van der Waals surface area contributed by atoms with Gasteiger partial charge in [0.1, 0.15) is 5.75 Å². The summed E-state index contributed by atoms with van der Waals surface area (Å²) in [5.41, 5.74) is 1.63. The van der Waals surface area contributed by atoms with E-state index in [4.69, 9.17) is 4.74 Å². The Bertz CT molecular complexity index is 594. The van der Waals surface area contributed by atoms with Gasteiger partial charge < -0.3 is 4.74 Å². The smallest absolute Gasteiger partial charge is 0.267 e. The summed E-state index contributed by atoms with van der Waals surface area (Å²) >= 11 is 0. The first kappa shape index (κ1) is 15.0. The molecule has 5 nitrogen and oxygen atoms in total. The second-order valence-electron chi connectivity index (χ2n) is 4.79. The Morgan fingerprint density at radius 3 is 2.38 bits per heavy atom. The van der Waals surface area contributed by atoms with Crippen molar-refractivity contribution < 1.29 is 9.53 Å². The maximum Gasteiger partial charge on any atom is 0.267 e. The van der Waals surface area contributed by atoms with E-state index in [1.807, 2.05) is 57.2 Å². The monoisotopic (exact) mass is 285 g/mol. The zero-order chi connectivity index (χ0) is 15.2. The third-order valence-corrected chi connectivity index (χ3v) is 2.90. The summed E-state index contributed by atoms with van der Waals surface area (Å²) in [6.07, 6.45) is -0.0114. The van der Waals surface area contributed by atoms with Crippen molar-refractivity contribution in [1.82, 2.24) is 9.97 Å². The van der Waals surface area contributed by atoms with Crippen molar-refractivity contribution in [2.24, 2.45) is 0 Å². The first-order valence-electron chi connectivity index (χ1n) is 6.93. The lowest BCUT2D eigenvalue weighted by Crippen LogP contribution is -2.33. The molecule has 1 aromatic carbocycles. The van der Waals surface area contributed by atoms with Crippen LogP contribution >= 0.6 is 0 Å². The molecule has 0 saturated carbocycles. The Balaban J connectivity index is 2.06. The lowest BCUT2D eigenvalue weighted by atomic mass is 10.2. The molecule has 0 bridgehead atoms. The van der Waals surface area contributed by atoms with Gasteiger partial charge in [0.05, 0.1) is 0 Å². The average molecular weight is 285 g/mol. The lowest BCUT2D eigenvalue weighted by molar-refractivity contribution is -0.122. The minimum atomic E-state index is -0.572. The number of nitrogens with one attached hydrogen (secondary N) is 1. The van der Waals surface area contributed by atoms with Gasteiger partial charge in [-0.2, -0.15) is 0 Å². The van der Waals surface area contributed by atoms with Crippen LogP contribution in [0.3, 0.4) is 0 Å². The number of nitrogens with zero attached hydrogens (tertiary/aromatic N) is 2. The van der Waals surface area contributed by atoms with E-state index >= 15 is 0 Å². The van der Waals surface area contributed by atoms with E-state index in [1.165, 1.54) is 0 Å². The Kier molecular flexibility index (Phi) is 4.87. The molecule has 0 spiro atoms. The normalized spacial score (nSPS) is 11.8. The van der Waals surface area contributed by atoms with E-state index in [-0.39, 0.29) is 5.91 Å². The SMILES string of the molecule is CC[C@@H](Oc1ccccc1)C(=O)Nc1nc(C)cc(C)n1. The quantitative estimate of drug-likeness (QED) is 0.917. The Morgan fingerprint density at radius 2 is 1.81 bits per heavy atom. The molecule has 0 radical (unpaired) electrons. The number of rotatable bonds is 5. The molecule has 110 valence electrons. The summed E-state index contributed by atoms with van der Waals surface area (Å²) in [5, 5.41) is 2.71. The zero-order valence-electron chi connectivity index (χ0n) is 12.5. The van der Waals surface area contributed by atoms with E-state index in [1.54, 1.807) is 0 Å². The van der Waals surface area contributed by atoms with Gasteiger partial charge in [0, 0.05) is 11.4 Å². The van der Waals surface area contributed by atoms with Gasteiger partial charge >= 0.3 is 0 Å². The van der Waals surface area contributed by atoms with Crippen molar-refractivity contribution in [2.45, 2.75) is 33.3 Å². The highest BCUT2D eigenvalue weighted by molar-refractivity contribution is 5.92. The molecule has 1 heterocycles. The fourth-order valence-corrected chi connectivity index (χ4v) is 1.96. The summed E-state index contributed by atoms with van der Waals surface area (Å²) in [6.45, 7) is 5.62. The largest absolute Gasteiger partial charge is 0.481 e. The summed E-state index contributed by atoms with van der Waals surface area (Å²) < 4.78 is 5.69. The lowest BCUT2D eigenvalue weighted by Gasteiger charge is -2.16. The predicted octanol–water partition coefficient (Wildman–Crippen LogP) is 2.89. The molecule has 0 saturated heterocycles. The molecular weight excluding hydrogens is 266 g/mol. The molecule has 1 N–H and O–H groups in total. The van der Waals surface area contributed by atoms with E-state index in [0.717, 1.165) is 11.4 Å². The molecular formula is C16H19N3O2. The van der Waals surface area contributed by atoms with Crippen LogP contribution in [0.1, 0.15) is 24.7 Å². The van der Waals surface area contributed by atoms with Crippen LogP contribution in [-0.2, 0) is 4.79 Å². The Morgan fingerprint density at radius 1 is 1.19 bits per heavy atom. The van der Waals surface area contributed by atoms with Crippen LogP contribution in [0.4, 0.5) is 5.95 Å². The molecule has 1 aromatic heterocycles. The van der Waals surface area contributed by atoms with Crippen molar-refractivity contribution in [3.05, 3.63) is 47.8 Å². The van der Waals surface area contributed by atoms with E-state index < -0.39 is 6.10 Å². The van der Waals surface area contributed by atoms with E-state index in [9.17, 15) is 4.79 Å². The number of hydrogen-bond donors (Lipinski definition) is 1. The molecule has 2 aromatic rings. The Hall–Kier alpha value is -2.43. The van der Waals surface area contributed by atoms with Gasteiger partial charge in [-0.15, -0.1) is 0 Å². The van der Waals surface area contributed by atoms with Gasteiger partial charge in [0.2, 0.25) is 5.95 Å². The Labute approximate surface area is 124 Å². The van der Waals surface area contributed by atoms with Crippen molar-refractivity contribution in [3.8, 4) is 5.75 Å². The molecule has 0 aliphatic heterocycles. The van der Waals surface area contributed by atoms with Crippen LogP contribution in [0.2, 0.25) is 0 Å². The van der Waals surface area contributed by atoms with Gasteiger partial charge in [-0.1, -0.05) is 25.1 Å². The molecule has 1 atom stereocenters. The zero-order valence-corrected chi connectivity index (χ0v) is 12.5. The summed E-state index contributed by atoms with van der Waals surface area (Å²) in [5.74, 6) is 0.736. The van der Waals surface area contributed by atoms with Crippen molar-refractivity contribution in [2.75, 3.05) is 5.32 Å². The number of carbonyl (C=O) groups excluding carboxylic acids is 1. The first-order chi connectivity index (χ1) is 10.1. The van der Waals surface area contributed by atoms with E-state index in [0.29, 0.717) is 18.1 Å². The average Bonchev–Trinajstić information content (AvgIpc) is 2.44. The number of aromatic nitrogens is 2. The number of hydrogen-bond acceptors (Lipinski definition) is 4. The number of para-hydroxylation sites is 1. The maximum atomic E-state index is 12.3. The van der Waals surface area contributed by atoms with Crippen molar-refractivity contribution in [3.63, 3.8) is 0 Å². The van der Waals surface area contributed by atoms with Crippen LogP contribution in [0.5, 0.6) is 5.75 Å². The van der Waals surface area contributed by atoms with Crippen LogP contribution in [-0.4, -0.2) is 22.0 Å². The van der Waals surface area contributed by atoms with Crippen LogP contribution in [0.15, 0.2) is 36.4 Å². The van der Waals surface area contributed by atoms with Crippen LogP contribution in [0.25, 0.3) is 0 Å². The van der Waals surface area contributed by atoms with E-state index in [2.05, 4.69) is 15.3 Å². The maximum absolute atomic E-state index is 12.3. The van der Waals surface area contributed by atoms with Crippen LogP contribution < -0.4 is 10.1 Å². The van der Waals surface area contributed by atoms with Gasteiger partial charge in [0.25, 0.3) is 5.91 Å². The highest BCUT2D eigenvalue weighted by Gasteiger charge is 2.19. The number of benzene rings is 1. The number of amides is 1. The third-order valence-electron chi connectivity index (χ3n) is 2.90.